The molecule has 124 valence electrons. The zero-order chi connectivity index (χ0) is 16.8. The van der Waals surface area contributed by atoms with E-state index in [1.54, 1.807) is 36.8 Å². The van der Waals surface area contributed by atoms with Crippen molar-refractivity contribution in [2.75, 3.05) is 11.9 Å². The Morgan fingerprint density at radius 1 is 1.00 bits per heavy atom. The summed E-state index contributed by atoms with van der Waals surface area (Å²) < 4.78 is 23.9. The monoisotopic (exact) mass is 328 g/mol. The highest BCUT2D eigenvalue weighted by Gasteiger charge is 2.15. The summed E-state index contributed by atoms with van der Waals surface area (Å²) in [6, 6.07) is 13.1. The number of furan rings is 2. The van der Waals surface area contributed by atoms with E-state index < -0.39 is 5.82 Å². The lowest BCUT2D eigenvalue weighted by molar-refractivity contribution is -0.117. The predicted octanol–water partition coefficient (Wildman–Crippen LogP) is 3.65. The first kappa shape index (κ1) is 16.0. The highest BCUT2D eigenvalue weighted by atomic mass is 19.1. The molecule has 0 aliphatic carbocycles. The van der Waals surface area contributed by atoms with Gasteiger partial charge in [0.15, 0.2) is 0 Å². The van der Waals surface area contributed by atoms with Crippen LogP contribution in [0.3, 0.4) is 0 Å². The van der Waals surface area contributed by atoms with Crippen LogP contribution >= 0.6 is 0 Å². The minimum atomic E-state index is -0.393. The maximum absolute atomic E-state index is 13.2. The third kappa shape index (κ3) is 4.57. The molecule has 0 spiro atoms. The van der Waals surface area contributed by atoms with Crippen LogP contribution in [-0.2, 0) is 17.9 Å². The number of benzene rings is 1. The molecule has 0 aliphatic heterocycles. The average Bonchev–Trinajstić information content (AvgIpc) is 3.21. The molecular weight excluding hydrogens is 311 g/mol. The Balaban J connectivity index is 1.64. The summed E-state index contributed by atoms with van der Waals surface area (Å²) in [5, 5.41) is 2.69. The molecule has 3 rings (SSSR count). The van der Waals surface area contributed by atoms with E-state index in [0.29, 0.717) is 18.8 Å². The number of nitrogens with zero attached hydrogens (tertiary/aromatic N) is 1. The molecule has 0 atom stereocenters. The van der Waals surface area contributed by atoms with Crippen molar-refractivity contribution >= 4 is 11.6 Å². The molecule has 5 nitrogen and oxygen atoms in total. The highest BCUT2D eigenvalue weighted by Crippen LogP contribution is 2.13. The van der Waals surface area contributed by atoms with E-state index in [-0.39, 0.29) is 12.5 Å². The van der Waals surface area contributed by atoms with Crippen LogP contribution in [0, 0.1) is 5.82 Å². The van der Waals surface area contributed by atoms with Gasteiger partial charge >= 0.3 is 0 Å². The molecule has 2 heterocycles. The number of carbonyl (C=O) groups is 1. The van der Waals surface area contributed by atoms with Crippen LogP contribution in [-0.4, -0.2) is 17.4 Å². The van der Waals surface area contributed by atoms with Gasteiger partial charge in [0.25, 0.3) is 0 Å². The molecule has 1 aromatic carbocycles. The van der Waals surface area contributed by atoms with Gasteiger partial charge in [0, 0.05) is 5.69 Å². The van der Waals surface area contributed by atoms with Crippen molar-refractivity contribution < 1.29 is 18.0 Å². The molecule has 6 heteroatoms. The molecule has 1 N–H and O–H groups in total. The van der Waals surface area contributed by atoms with Gasteiger partial charge in [0.2, 0.25) is 5.91 Å². The molecule has 0 saturated heterocycles. The topological polar surface area (TPSA) is 58.6 Å². The quantitative estimate of drug-likeness (QED) is 0.719. The van der Waals surface area contributed by atoms with Gasteiger partial charge in [-0.05, 0) is 42.5 Å². The smallest absolute Gasteiger partial charge is 0.238 e. The van der Waals surface area contributed by atoms with E-state index in [1.807, 2.05) is 17.0 Å². The van der Waals surface area contributed by atoms with Crippen LogP contribution in [0.25, 0.3) is 0 Å². The van der Waals surface area contributed by atoms with Gasteiger partial charge in [-0.3, -0.25) is 9.69 Å². The van der Waals surface area contributed by atoms with Gasteiger partial charge < -0.3 is 14.2 Å². The summed E-state index contributed by atoms with van der Waals surface area (Å²) in [6.07, 6.45) is 3.18. The third-order valence-electron chi connectivity index (χ3n) is 3.39. The second-order valence-electron chi connectivity index (χ2n) is 5.36. The minimum absolute atomic E-state index is 0.123. The Bertz CT molecular complexity index is 733. The van der Waals surface area contributed by atoms with E-state index >= 15 is 0 Å². The van der Waals surface area contributed by atoms with Gasteiger partial charge in [0.1, 0.15) is 17.3 Å². The van der Waals surface area contributed by atoms with Gasteiger partial charge in [-0.2, -0.15) is 0 Å². The lowest BCUT2D eigenvalue weighted by Gasteiger charge is -2.19. The second kappa shape index (κ2) is 7.61. The number of amides is 1. The van der Waals surface area contributed by atoms with Gasteiger partial charge in [-0.15, -0.1) is 0 Å². The predicted molar refractivity (Wildman–Crippen MR) is 86.6 cm³/mol. The number of carbonyl (C=O) groups excluding carboxylic acids is 1. The Kier molecular flexibility index (Phi) is 5.08. The Morgan fingerprint density at radius 2 is 1.67 bits per heavy atom. The van der Waals surface area contributed by atoms with Crippen LogP contribution in [0.2, 0.25) is 0 Å². The second-order valence-corrected chi connectivity index (χ2v) is 5.36. The maximum Gasteiger partial charge on any atom is 0.238 e. The van der Waals surface area contributed by atoms with E-state index in [1.165, 1.54) is 12.1 Å². The van der Waals surface area contributed by atoms with Crippen molar-refractivity contribution in [1.29, 1.82) is 0 Å². The van der Waals surface area contributed by atoms with Crippen molar-refractivity contribution in [2.24, 2.45) is 0 Å². The third-order valence-corrected chi connectivity index (χ3v) is 3.39. The molecule has 0 unspecified atom stereocenters. The van der Waals surface area contributed by atoms with E-state index in [0.717, 1.165) is 11.5 Å². The van der Waals surface area contributed by atoms with Gasteiger partial charge in [-0.25, -0.2) is 4.39 Å². The van der Waals surface area contributed by atoms with E-state index in [9.17, 15) is 9.18 Å². The number of rotatable bonds is 7. The first-order valence-corrected chi connectivity index (χ1v) is 7.51. The summed E-state index contributed by atoms with van der Waals surface area (Å²) in [5.41, 5.74) is 0.427. The Morgan fingerprint density at radius 3 is 2.21 bits per heavy atom. The van der Waals surface area contributed by atoms with Crippen LogP contribution in [0.15, 0.2) is 69.9 Å². The summed E-state index contributed by atoms with van der Waals surface area (Å²) in [6.45, 7) is 1.05. The Labute approximate surface area is 138 Å². The zero-order valence-electron chi connectivity index (χ0n) is 12.9. The van der Waals surface area contributed by atoms with Crippen LogP contribution in [0.5, 0.6) is 0 Å². The summed E-state index contributed by atoms with van der Waals surface area (Å²) in [7, 11) is 0. The molecule has 2 aromatic heterocycles. The molecule has 0 fully saturated rings. The van der Waals surface area contributed by atoms with Crippen LogP contribution in [0.4, 0.5) is 10.1 Å². The standard InChI is InChI=1S/C18H17FN2O3/c19-14-4-1-5-15(10-14)20-18(22)13-21(11-16-6-2-8-23-16)12-17-7-3-9-24-17/h1-10H,11-13H2,(H,20,22). The van der Waals surface area contributed by atoms with Crippen molar-refractivity contribution in [3.8, 4) is 0 Å². The maximum atomic E-state index is 13.2. The minimum Gasteiger partial charge on any atom is -0.468 e. The molecule has 1 amide bonds. The summed E-state index contributed by atoms with van der Waals surface area (Å²) >= 11 is 0. The summed E-state index contributed by atoms with van der Waals surface area (Å²) in [4.78, 5) is 14.1. The lowest BCUT2D eigenvalue weighted by Crippen LogP contribution is -2.32. The van der Waals surface area contributed by atoms with E-state index in [2.05, 4.69) is 5.32 Å². The molecule has 24 heavy (non-hydrogen) atoms. The molecule has 0 saturated carbocycles. The largest absolute Gasteiger partial charge is 0.468 e. The van der Waals surface area contributed by atoms with Crippen LogP contribution in [0.1, 0.15) is 11.5 Å². The summed E-state index contributed by atoms with van der Waals surface area (Å²) in [5.74, 6) is 0.870. The number of hydrogen-bond donors (Lipinski definition) is 1. The molecule has 0 bridgehead atoms. The van der Waals surface area contributed by atoms with E-state index in [4.69, 9.17) is 8.83 Å². The van der Waals surface area contributed by atoms with Crippen molar-refractivity contribution in [2.45, 2.75) is 13.1 Å². The normalized spacial score (nSPS) is 10.9. The number of anilines is 1. The van der Waals surface area contributed by atoms with Crippen molar-refractivity contribution in [1.82, 2.24) is 4.90 Å². The molecule has 0 aliphatic rings. The number of nitrogens with one attached hydrogen (secondary N) is 1. The van der Waals surface area contributed by atoms with Crippen LogP contribution < -0.4 is 5.32 Å². The average molecular weight is 328 g/mol. The number of hydrogen-bond acceptors (Lipinski definition) is 4. The zero-order valence-corrected chi connectivity index (χ0v) is 12.9. The Hall–Kier alpha value is -2.86. The van der Waals surface area contributed by atoms with Gasteiger partial charge in [0.05, 0.1) is 32.2 Å². The van der Waals surface area contributed by atoms with Crippen molar-refractivity contribution in [3.05, 3.63) is 78.4 Å². The molecular formula is C18H17FN2O3. The first-order valence-electron chi connectivity index (χ1n) is 7.51. The first-order chi connectivity index (χ1) is 11.7. The lowest BCUT2D eigenvalue weighted by atomic mass is 10.3. The molecule has 3 aromatic rings. The fourth-order valence-corrected chi connectivity index (χ4v) is 2.38. The SMILES string of the molecule is O=C(CN(Cc1ccco1)Cc1ccco1)Nc1cccc(F)c1. The fraction of sp³-hybridized carbons (Fsp3) is 0.167. The molecule has 0 radical (unpaired) electrons. The number of halogens is 1. The van der Waals surface area contributed by atoms with Gasteiger partial charge in [-0.1, -0.05) is 6.07 Å². The highest BCUT2D eigenvalue weighted by molar-refractivity contribution is 5.92. The van der Waals surface area contributed by atoms with Crippen molar-refractivity contribution in [3.63, 3.8) is 0 Å². The fourth-order valence-electron chi connectivity index (χ4n) is 2.38.